The lowest BCUT2D eigenvalue weighted by Gasteiger charge is -2.40. The summed E-state index contributed by atoms with van der Waals surface area (Å²) in [5.74, 6) is 1.66. The number of methoxy groups -OCH3 is 2. The van der Waals surface area contributed by atoms with E-state index in [0.29, 0.717) is 11.1 Å². The van der Waals surface area contributed by atoms with Crippen molar-refractivity contribution in [3.63, 3.8) is 0 Å². The van der Waals surface area contributed by atoms with Gasteiger partial charge in [-0.15, -0.1) is 0 Å². The quantitative estimate of drug-likeness (QED) is 0.740. The molecule has 0 aliphatic carbocycles. The van der Waals surface area contributed by atoms with Crippen LogP contribution >= 0.6 is 11.6 Å². The van der Waals surface area contributed by atoms with Crippen molar-refractivity contribution in [2.24, 2.45) is 0 Å². The largest absolute Gasteiger partial charge is 0.493 e. The molecule has 2 aromatic rings. The molecule has 0 amide bonds. The number of fused-ring (bicyclic) bond motifs is 1. The van der Waals surface area contributed by atoms with E-state index in [2.05, 4.69) is 27.0 Å². The van der Waals surface area contributed by atoms with Crippen LogP contribution in [0.25, 0.3) is 0 Å². The lowest BCUT2D eigenvalue weighted by Crippen LogP contribution is -2.47. The van der Waals surface area contributed by atoms with Crippen molar-refractivity contribution in [1.29, 1.82) is 0 Å². The molecule has 1 aromatic carbocycles. The fourth-order valence-corrected chi connectivity index (χ4v) is 4.59. The van der Waals surface area contributed by atoms with Gasteiger partial charge in [0.15, 0.2) is 11.5 Å². The highest BCUT2D eigenvalue weighted by molar-refractivity contribution is 6.30. The zero-order valence-electron chi connectivity index (χ0n) is 16.7. The summed E-state index contributed by atoms with van der Waals surface area (Å²) in [5, 5.41) is 4.97. The van der Waals surface area contributed by atoms with E-state index in [1.165, 1.54) is 24.0 Å². The molecule has 2 aliphatic heterocycles. The second kappa shape index (κ2) is 8.72. The van der Waals surface area contributed by atoms with Crippen LogP contribution in [0.1, 0.15) is 24.0 Å². The third kappa shape index (κ3) is 4.29. The zero-order valence-corrected chi connectivity index (χ0v) is 17.5. The minimum atomic E-state index is 0.664. The molecule has 1 aromatic heterocycles. The van der Waals surface area contributed by atoms with E-state index in [1.807, 2.05) is 10.9 Å². The summed E-state index contributed by atoms with van der Waals surface area (Å²) < 4.78 is 12.9. The molecular formula is C21H29ClN4O2. The van der Waals surface area contributed by atoms with Crippen LogP contribution in [0.5, 0.6) is 11.5 Å². The number of piperidine rings is 1. The average molecular weight is 405 g/mol. The summed E-state index contributed by atoms with van der Waals surface area (Å²) in [5.41, 5.74) is 2.77. The van der Waals surface area contributed by atoms with Gasteiger partial charge in [0.25, 0.3) is 0 Å². The maximum absolute atomic E-state index is 5.94. The molecule has 0 spiro atoms. The van der Waals surface area contributed by atoms with Gasteiger partial charge in [0, 0.05) is 31.9 Å². The molecule has 4 rings (SSSR count). The molecule has 0 radical (unpaired) electrons. The van der Waals surface area contributed by atoms with Crippen LogP contribution in [0.4, 0.5) is 0 Å². The Bertz CT molecular complexity index is 802. The number of halogens is 1. The second-order valence-electron chi connectivity index (χ2n) is 7.69. The monoisotopic (exact) mass is 404 g/mol. The first-order valence-corrected chi connectivity index (χ1v) is 10.4. The number of ether oxygens (including phenoxy) is 2. The third-order valence-electron chi connectivity index (χ3n) is 6.07. The Morgan fingerprint density at radius 3 is 2.39 bits per heavy atom. The van der Waals surface area contributed by atoms with Crippen LogP contribution in [0, 0.1) is 0 Å². The number of hydrogen-bond donors (Lipinski definition) is 0. The van der Waals surface area contributed by atoms with Crippen LogP contribution in [0.2, 0.25) is 5.02 Å². The minimum Gasteiger partial charge on any atom is -0.493 e. The standard InChI is InChI=1S/C21H29ClN4O2/c1-27-20-11-16-3-8-25(14-17(16)12-21(20)28-2)19-4-6-24(7-5-19)9-10-26-15-18(22)13-23-26/h11-13,15,19H,3-10,14H2,1-2H3. The number of aromatic nitrogens is 2. The fraction of sp³-hybridized carbons (Fsp3) is 0.571. The summed E-state index contributed by atoms with van der Waals surface area (Å²) >= 11 is 5.94. The van der Waals surface area contributed by atoms with Gasteiger partial charge in [-0.3, -0.25) is 9.58 Å². The molecule has 0 atom stereocenters. The maximum atomic E-state index is 5.94. The number of nitrogens with zero attached hydrogens (tertiary/aromatic N) is 4. The maximum Gasteiger partial charge on any atom is 0.161 e. The summed E-state index contributed by atoms with van der Waals surface area (Å²) in [4.78, 5) is 5.19. The van der Waals surface area contributed by atoms with Gasteiger partial charge in [0.05, 0.1) is 32.0 Å². The van der Waals surface area contributed by atoms with Gasteiger partial charge in [0.2, 0.25) is 0 Å². The molecule has 6 nitrogen and oxygen atoms in total. The Morgan fingerprint density at radius 2 is 1.75 bits per heavy atom. The number of rotatable bonds is 6. The molecule has 152 valence electrons. The van der Waals surface area contributed by atoms with E-state index < -0.39 is 0 Å². The predicted molar refractivity (Wildman–Crippen MR) is 110 cm³/mol. The first-order valence-electron chi connectivity index (χ1n) is 10.0. The molecule has 0 unspecified atom stereocenters. The highest BCUT2D eigenvalue weighted by atomic mass is 35.5. The van der Waals surface area contributed by atoms with Crippen LogP contribution < -0.4 is 9.47 Å². The Morgan fingerprint density at radius 1 is 1.04 bits per heavy atom. The van der Waals surface area contributed by atoms with E-state index in [-0.39, 0.29) is 0 Å². The van der Waals surface area contributed by atoms with Crippen LogP contribution in [0.3, 0.4) is 0 Å². The van der Waals surface area contributed by atoms with Crippen molar-refractivity contribution in [3.05, 3.63) is 40.7 Å². The average Bonchev–Trinajstić information content (AvgIpc) is 3.16. The first kappa shape index (κ1) is 19.6. The van der Waals surface area contributed by atoms with Crippen molar-refractivity contribution in [3.8, 4) is 11.5 Å². The van der Waals surface area contributed by atoms with E-state index in [4.69, 9.17) is 21.1 Å². The van der Waals surface area contributed by atoms with Crippen LogP contribution in [0.15, 0.2) is 24.5 Å². The molecule has 2 aliphatic rings. The molecule has 0 bridgehead atoms. The Kier molecular flexibility index (Phi) is 6.09. The van der Waals surface area contributed by atoms with Crippen LogP contribution in [-0.4, -0.2) is 66.0 Å². The Hall–Kier alpha value is -1.76. The summed E-state index contributed by atoms with van der Waals surface area (Å²) in [6, 6.07) is 4.97. The molecule has 1 fully saturated rings. The zero-order chi connectivity index (χ0) is 19.5. The third-order valence-corrected chi connectivity index (χ3v) is 6.26. The normalized spacial score (nSPS) is 18.8. The summed E-state index contributed by atoms with van der Waals surface area (Å²) in [6.07, 6.45) is 7.12. The smallest absolute Gasteiger partial charge is 0.161 e. The number of likely N-dealkylation sites (tertiary alicyclic amines) is 1. The molecule has 0 saturated carbocycles. The highest BCUT2D eigenvalue weighted by Crippen LogP contribution is 2.34. The van der Waals surface area contributed by atoms with Crippen molar-refractivity contribution in [2.45, 2.75) is 38.4 Å². The molecule has 0 N–H and O–H groups in total. The lowest BCUT2D eigenvalue weighted by molar-refractivity contribution is 0.0958. The molecule has 28 heavy (non-hydrogen) atoms. The number of hydrogen-bond acceptors (Lipinski definition) is 5. The summed E-state index contributed by atoms with van der Waals surface area (Å²) in [6.45, 7) is 6.36. The van der Waals surface area contributed by atoms with E-state index in [1.54, 1.807) is 20.4 Å². The van der Waals surface area contributed by atoms with Gasteiger partial charge >= 0.3 is 0 Å². The van der Waals surface area contributed by atoms with Crippen molar-refractivity contribution in [2.75, 3.05) is 40.4 Å². The molecule has 1 saturated heterocycles. The number of benzene rings is 1. The van der Waals surface area contributed by atoms with Crippen LogP contribution in [-0.2, 0) is 19.5 Å². The topological polar surface area (TPSA) is 42.8 Å². The van der Waals surface area contributed by atoms with E-state index in [9.17, 15) is 0 Å². The summed E-state index contributed by atoms with van der Waals surface area (Å²) in [7, 11) is 3.41. The van der Waals surface area contributed by atoms with E-state index >= 15 is 0 Å². The Labute approximate surface area is 172 Å². The van der Waals surface area contributed by atoms with Gasteiger partial charge in [-0.1, -0.05) is 11.6 Å². The second-order valence-corrected chi connectivity index (χ2v) is 8.13. The van der Waals surface area contributed by atoms with Crippen molar-refractivity contribution >= 4 is 11.6 Å². The SMILES string of the molecule is COc1cc2c(cc1OC)CN(C1CCN(CCn3cc(Cl)cn3)CC1)CC2. The molecule has 7 heteroatoms. The fourth-order valence-electron chi connectivity index (χ4n) is 4.43. The highest BCUT2D eigenvalue weighted by Gasteiger charge is 2.28. The van der Waals surface area contributed by atoms with Gasteiger partial charge in [-0.2, -0.15) is 5.10 Å². The predicted octanol–water partition coefficient (Wildman–Crippen LogP) is 3.08. The lowest BCUT2D eigenvalue weighted by atomic mass is 9.95. The van der Waals surface area contributed by atoms with Gasteiger partial charge < -0.3 is 14.4 Å². The minimum absolute atomic E-state index is 0.664. The Balaban J connectivity index is 1.31. The molecular weight excluding hydrogens is 376 g/mol. The van der Waals surface area contributed by atoms with Crippen molar-refractivity contribution < 1.29 is 9.47 Å². The molecule has 3 heterocycles. The van der Waals surface area contributed by atoms with E-state index in [0.717, 1.165) is 57.2 Å². The van der Waals surface area contributed by atoms with Gasteiger partial charge in [-0.05, 0) is 55.6 Å². The van der Waals surface area contributed by atoms with Gasteiger partial charge in [-0.25, -0.2) is 0 Å². The first-order chi connectivity index (χ1) is 13.7. The van der Waals surface area contributed by atoms with Gasteiger partial charge in [0.1, 0.15) is 0 Å². The van der Waals surface area contributed by atoms with Crippen molar-refractivity contribution in [1.82, 2.24) is 19.6 Å².